The van der Waals surface area contributed by atoms with Crippen LogP contribution in [0.4, 0.5) is 0 Å². The average Bonchev–Trinajstić information content (AvgIpc) is 2.91. The van der Waals surface area contributed by atoms with E-state index in [0.29, 0.717) is 16.2 Å². The van der Waals surface area contributed by atoms with Gasteiger partial charge in [-0.15, -0.1) is 11.8 Å². The van der Waals surface area contributed by atoms with Crippen molar-refractivity contribution in [2.45, 2.75) is 17.4 Å². The zero-order valence-electron chi connectivity index (χ0n) is 21.1. The largest absolute Gasteiger partial charge is 0.339 e. The van der Waals surface area contributed by atoms with Crippen LogP contribution in [0.15, 0.2) is 71.6 Å². The van der Waals surface area contributed by atoms with Crippen LogP contribution in [0.1, 0.15) is 11.1 Å². The Morgan fingerprint density at radius 3 is 2.29 bits per heavy atom. The zero-order chi connectivity index (χ0) is 27.5. The highest BCUT2D eigenvalue weighted by molar-refractivity contribution is 8.13. The van der Waals surface area contributed by atoms with Gasteiger partial charge in [0.1, 0.15) is 6.04 Å². The highest BCUT2D eigenvalue weighted by Gasteiger charge is 2.33. The summed E-state index contributed by atoms with van der Waals surface area (Å²) in [7, 11) is -7.45. The number of sulfonamides is 2. The second-order valence-electron chi connectivity index (χ2n) is 9.11. The number of nitrogens with one attached hydrogen (secondary N) is 2. The second kappa shape index (κ2) is 11.5. The molecule has 1 aliphatic heterocycles. The molecular weight excluding hydrogens is 545 g/mol. The average molecular weight is 575 g/mol. The predicted octanol–water partition coefficient (Wildman–Crippen LogP) is 2.52. The first-order chi connectivity index (χ1) is 18.0. The van der Waals surface area contributed by atoms with E-state index < -0.39 is 32.0 Å². The number of piperazine rings is 1. The smallest absolute Gasteiger partial charge is 0.241 e. The molecule has 0 unspecified atom stereocenters. The third kappa shape index (κ3) is 6.62. The Morgan fingerprint density at radius 2 is 1.63 bits per heavy atom. The van der Waals surface area contributed by atoms with E-state index in [1.807, 2.05) is 24.3 Å². The van der Waals surface area contributed by atoms with Gasteiger partial charge in [0.05, 0.1) is 16.2 Å². The fraction of sp³-hybridized carbons (Fsp3) is 0.308. The summed E-state index contributed by atoms with van der Waals surface area (Å²) in [6.07, 6.45) is 3.01. The molecule has 202 valence electrons. The Balaban J connectivity index is 1.62. The van der Waals surface area contributed by atoms with Crippen molar-refractivity contribution in [2.24, 2.45) is 0 Å². The number of thioether (sulfide) groups is 1. The normalized spacial score (nSPS) is 15.9. The molecule has 2 N–H and O–H groups in total. The van der Waals surface area contributed by atoms with Crippen LogP contribution >= 0.6 is 11.8 Å². The van der Waals surface area contributed by atoms with Crippen molar-refractivity contribution in [3.8, 4) is 0 Å². The molecule has 1 fully saturated rings. The van der Waals surface area contributed by atoms with Crippen LogP contribution in [0.3, 0.4) is 0 Å². The molecule has 0 aliphatic carbocycles. The monoisotopic (exact) mass is 574 g/mol. The molecule has 9 nitrogen and oxygen atoms in total. The number of carbonyl (C=O) groups excluding carboxylic acids is 1. The van der Waals surface area contributed by atoms with Crippen molar-refractivity contribution in [3.05, 3.63) is 77.9 Å². The lowest BCUT2D eigenvalue weighted by molar-refractivity contribution is -0.134. The minimum Gasteiger partial charge on any atom is -0.339 e. The number of hydrogen-bond acceptors (Lipinski definition) is 7. The number of carbonyl (C=O) groups is 1. The highest BCUT2D eigenvalue weighted by Crippen LogP contribution is 2.21. The molecule has 3 aromatic rings. The molecule has 0 saturated carbocycles. The van der Waals surface area contributed by atoms with E-state index in [9.17, 15) is 21.6 Å². The summed E-state index contributed by atoms with van der Waals surface area (Å²) in [6.45, 7) is 0.624. The Kier molecular flexibility index (Phi) is 8.58. The molecular formula is C26H30N4O5S3. The van der Waals surface area contributed by atoms with Gasteiger partial charge in [-0.05, 0) is 47.2 Å². The first-order valence-electron chi connectivity index (χ1n) is 11.9. The molecule has 0 radical (unpaired) electrons. The fourth-order valence-electron chi connectivity index (χ4n) is 4.42. The van der Waals surface area contributed by atoms with Crippen molar-refractivity contribution in [1.29, 1.82) is 5.41 Å². The summed E-state index contributed by atoms with van der Waals surface area (Å²) in [6, 6.07) is 18.3. The molecule has 0 spiro atoms. The van der Waals surface area contributed by atoms with Gasteiger partial charge in [-0.1, -0.05) is 48.5 Å². The van der Waals surface area contributed by atoms with Gasteiger partial charge in [-0.25, -0.2) is 16.8 Å². The van der Waals surface area contributed by atoms with Crippen LogP contribution < -0.4 is 4.72 Å². The summed E-state index contributed by atoms with van der Waals surface area (Å²) in [4.78, 5) is 15.2. The number of hydrogen-bond donors (Lipinski definition) is 2. The van der Waals surface area contributed by atoms with Crippen LogP contribution in [0.2, 0.25) is 0 Å². The van der Waals surface area contributed by atoms with Gasteiger partial charge in [0.25, 0.3) is 0 Å². The maximum absolute atomic E-state index is 13.6. The van der Waals surface area contributed by atoms with Crippen LogP contribution in [0.25, 0.3) is 10.8 Å². The quantitative estimate of drug-likeness (QED) is 0.314. The van der Waals surface area contributed by atoms with E-state index >= 15 is 0 Å². The minimum atomic E-state index is -4.07. The van der Waals surface area contributed by atoms with E-state index in [4.69, 9.17) is 5.41 Å². The van der Waals surface area contributed by atoms with Gasteiger partial charge < -0.3 is 4.90 Å². The van der Waals surface area contributed by atoms with Gasteiger partial charge >= 0.3 is 0 Å². The third-order valence-corrected chi connectivity index (χ3v) is 9.90. The van der Waals surface area contributed by atoms with Crippen molar-refractivity contribution >= 4 is 53.5 Å². The molecule has 1 heterocycles. The number of fused-ring (bicyclic) bond motifs is 1. The third-order valence-electron chi connectivity index (χ3n) is 6.48. The van der Waals surface area contributed by atoms with Crippen LogP contribution in [-0.4, -0.2) is 81.7 Å². The van der Waals surface area contributed by atoms with Crippen molar-refractivity contribution in [2.75, 3.05) is 38.7 Å². The summed E-state index contributed by atoms with van der Waals surface area (Å²) < 4.78 is 54.6. The first-order valence-corrected chi connectivity index (χ1v) is 16.5. The Hall–Kier alpha value is -2.77. The van der Waals surface area contributed by atoms with Crippen LogP contribution in [0.5, 0.6) is 0 Å². The van der Waals surface area contributed by atoms with Gasteiger partial charge in [0.2, 0.25) is 26.0 Å². The lowest BCUT2D eigenvalue weighted by Crippen LogP contribution is -2.56. The topological polar surface area (TPSA) is 128 Å². The van der Waals surface area contributed by atoms with Gasteiger partial charge in [0, 0.05) is 31.7 Å². The first kappa shape index (κ1) is 28.2. The van der Waals surface area contributed by atoms with E-state index in [1.165, 1.54) is 27.0 Å². The number of rotatable bonds is 8. The molecule has 1 amide bonds. The van der Waals surface area contributed by atoms with E-state index in [1.54, 1.807) is 42.7 Å². The number of nitrogens with zero attached hydrogens (tertiary/aromatic N) is 2. The highest BCUT2D eigenvalue weighted by atomic mass is 32.2. The standard InChI is InChI=1S/C26H30N4O5S3/c1-36-25(27)22-9-5-6-19(16-22)17-24(26(31)29-12-14-30(15-13-29)37(2,32)33)28-38(34,35)23-11-10-20-7-3-4-8-21(20)18-23/h3-11,16,18,24,27-28H,12-15,17H2,1-2H3/t24-/m0/s1. The van der Waals surface area contributed by atoms with Crippen molar-refractivity contribution in [3.63, 3.8) is 0 Å². The van der Waals surface area contributed by atoms with Gasteiger partial charge in [-0.3, -0.25) is 10.2 Å². The number of amides is 1. The summed E-state index contributed by atoms with van der Waals surface area (Å²) in [5.74, 6) is -0.423. The Morgan fingerprint density at radius 1 is 0.947 bits per heavy atom. The molecule has 12 heteroatoms. The Bertz CT molecular complexity index is 1570. The predicted molar refractivity (Wildman–Crippen MR) is 152 cm³/mol. The number of benzene rings is 3. The Labute approximate surface area is 227 Å². The molecule has 1 atom stereocenters. The van der Waals surface area contributed by atoms with E-state index in [2.05, 4.69) is 4.72 Å². The maximum Gasteiger partial charge on any atom is 0.241 e. The van der Waals surface area contributed by atoms with E-state index in [-0.39, 0.29) is 37.5 Å². The molecule has 1 saturated heterocycles. The molecule has 3 aromatic carbocycles. The van der Waals surface area contributed by atoms with Crippen molar-refractivity contribution in [1.82, 2.24) is 13.9 Å². The summed E-state index contributed by atoms with van der Waals surface area (Å²) in [5, 5.41) is 10.1. The second-order valence-corrected chi connectivity index (χ2v) is 13.6. The minimum absolute atomic E-state index is 0.0498. The molecule has 1 aliphatic rings. The van der Waals surface area contributed by atoms with Gasteiger partial charge in [-0.2, -0.15) is 9.03 Å². The summed E-state index contributed by atoms with van der Waals surface area (Å²) >= 11 is 1.29. The molecule has 38 heavy (non-hydrogen) atoms. The lowest BCUT2D eigenvalue weighted by atomic mass is 10.0. The molecule has 0 aromatic heterocycles. The SMILES string of the molecule is CSC(=N)c1cccc(C[C@H](NS(=O)(=O)c2ccc3ccccc3c2)C(=O)N2CCN(S(C)(=O)=O)CC2)c1. The lowest BCUT2D eigenvalue weighted by Gasteiger charge is -2.35. The maximum atomic E-state index is 13.6. The van der Waals surface area contributed by atoms with Gasteiger partial charge in [0.15, 0.2) is 0 Å². The molecule has 0 bridgehead atoms. The fourth-order valence-corrected chi connectivity index (χ4v) is 6.84. The zero-order valence-corrected chi connectivity index (χ0v) is 23.6. The van der Waals surface area contributed by atoms with Crippen molar-refractivity contribution < 1.29 is 21.6 Å². The van der Waals surface area contributed by atoms with Crippen LogP contribution in [-0.2, 0) is 31.3 Å². The van der Waals surface area contributed by atoms with Crippen LogP contribution in [0, 0.1) is 5.41 Å². The molecule has 4 rings (SSSR count). The van der Waals surface area contributed by atoms with E-state index in [0.717, 1.165) is 17.0 Å². The summed E-state index contributed by atoms with van der Waals surface area (Å²) in [5.41, 5.74) is 1.39.